The Labute approximate surface area is 87.0 Å². The van der Waals surface area contributed by atoms with Gasteiger partial charge in [-0.3, -0.25) is 0 Å². The van der Waals surface area contributed by atoms with Crippen LogP contribution in [0.15, 0.2) is 47.1 Å². The molecule has 3 heteroatoms. The Morgan fingerprint density at radius 2 is 2.00 bits per heavy atom. The van der Waals surface area contributed by atoms with E-state index in [-0.39, 0.29) is 0 Å². The van der Waals surface area contributed by atoms with Crippen molar-refractivity contribution in [3.8, 4) is 11.6 Å². The largest absolute Gasteiger partial charge is 0.461 e. The molecule has 0 aliphatic rings. The molecule has 2 aromatic heterocycles. The maximum atomic E-state index is 5.35. The molecule has 15 heavy (non-hydrogen) atoms. The third-order valence-corrected chi connectivity index (χ3v) is 2.53. The van der Waals surface area contributed by atoms with Crippen molar-refractivity contribution in [1.82, 2.24) is 9.55 Å². The summed E-state index contributed by atoms with van der Waals surface area (Å²) < 4.78 is 7.38. The van der Waals surface area contributed by atoms with Gasteiger partial charge in [-0.15, -0.1) is 0 Å². The van der Waals surface area contributed by atoms with Crippen molar-refractivity contribution in [1.29, 1.82) is 0 Å². The van der Waals surface area contributed by atoms with E-state index in [4.69, 9.17) is 4.42 Å². The van der Waals surface area contributed by atoms with E-state index in [1.54, 1.807) is 6.26 Å². The van der Waals surface area contributed by atoms with Gasteiger partial charge in [0.15, 0.2) is 11.6 Å². The molecule has 0 N–H and O–H groups in total. The molecule has 0 saturated heterocycles. The van der Waals surface area contributed by atoms with Gasteiger partial charge in [-0.05, 0) is 24.3 Å². The van der Waals surface area contributed by atoms with Gasteiger partial charge in [0.05, 0.1) is 17.3 Å². The molecule has 0 aliphatic heterocycles. The van der Waals surface area contributed by atoms with E-state index in [1.165, 1.54) is 0 Å². The maximum Gasteiger partial charge on any atom is 0.176 e. The minimum absolute atomic E-state index is 0.800. The fourth-order valence-electron chi connectivity index (χ4n) is 1.77. The first-order valence-corrected chi connectivity index (χ1v) is 4.81. The number of furan rings is 1. The number of aryl methyl sites for hydroxylation is 1. The molecule has 2 heterocycles. The molecule has 3 aromatic rings. The lowest BCUT2D eigenvalue weighted by molar-refractivity contribution is 0.574. The zero-order valence-corrected chi connectivity index (χ0v) is 8.34. The van der Waals surface area contributed by atoms with E-state index in [0.29, 0.717) is 0 Å². The van der Waals surface area contributed by atoms with Gasteiger partial charge in [0, 0.05) is 7.05 Å². The number of hydrogen-bond acceptors (Lipinski definition) is 2. The number of hydrogen-bond donors (Lipinski definition) is 0. The van der Waals surface area contributed by atoms with Crippen LogP contribution in [-0.4, -0.2) is 9.55 Å². The van der Waals surface area contributed by atoms with E-state index in [9.17, 15) is 0 Å². The molecule has 0 saturated carbocycles. The smallest absolute Gasteiger partial charge is 0.176 e. The van der Waals surface area contributed by atoms with Gasteiger partial charge in [-0.1, -0.05) is 12.1 Å². The Balaban J connectivity index is 2.33. The van der Waals surface area contributed by atoms with Gasteiger partial charge in [0.1, 0.15) is 0 Å². The predicted octanol–water partition coefficient (Wildman–Crippen LogP) is 2.83. The van der Waals surface area contributed by atoms with Crippen molar-refractivity contribution in [2.75, 3.05) is 0 Å². The predicted molar refractivity (Wildman–Crippen MR) is 58.4 cm³/mol. The Kier molecular flexibility index (Phi) is 1.65. The summed E-state index contributed by atoms with van der Waals surface area (Å²) in [7, 11) is 1.99. The van der Waals surface area contributed by atoms with Gasteiger partial charge in [0.2, 0.25) is 0 Å². The van der Waals surface area contributed by atoms with Crippen LogP contribution in [0, 0.1) is 0 Å². The molecule has 74 valence electrons. The molecular formula is C12H10N2O. The fourth-order valence-corrected chi connectivity index (χ4v) is 1.77. The van der Waals surface area contributed by atoms with Crippen molar-refractivity contribution in [3.05, 3.63) is 42.7 Å². The first-order valence-electron chi connectivity index (χ1n) is 4.81. The molecular weight excluding hydrogens is 188 g/mol. The minimum atomic E-state index is 0.800. The number of benzene rings is 1. The van der Waals surface area contributed by atoms with Crippen molar-refractivity contribution >= 4 is 11.0 Å². The Bertz CT molecular complexity index is 593. The number of imidazole rings is 1. The monoisotopic (exact) mass is 198 g/mol. The Morgan fingerprint density at radius 3 is 2.73 bits per heavy atom. The van der Waals surface area contributed by atoms with E-state index >= 15 is 0 Å². The Morgan fingerprint density at radius 1 is 1.13 bits per heavy atom. The molecule has 0 aliphatic carbocycles. The summed E-state index contributed by atoms with van der Waals surface area (Å²) in [6, 6.07) is 11.8. The third kappa shape index (κ3) is 1.16. The van der Waals surface area contributed by atoms with Crippen LogP contribution >= 0.6 is 0 Å². The van der Waals surface area contributed by atoms with Crippen LogP contribution in [-0.2, 0) is 7.05 Å². The molecule has 0 atom stereocenters. The molecule has 0 radical (unpaired) electrons. The standard InChI is InChI=1S/C12H10N2O/c1-14-10-6-3-2-5-9(10)13-12(14)11-7-4-8-15-11/h2-8H,1H3. The van der Waals surface area contributed by atoms with Crippen LogP contribution in [0.2, 0.25) is 0 Å². The topological polar surface area (TPSA) is 31.0 Å². The zero-order chi connectivity index (χ0) is 10.3. The van der Waals surface area contributed by atoms with Crippen molar-refractivity contribution in [2.45, 2.75) is 0 Å². The lowest BCUT2D eigenvalue weighted by atomic mass is 10.3. The summed E-state index contributed by atoms with van der Waals surface area (Å²) in [6.45, 7) is 0. The maximum absolute atomic E-state index is 5.35. The molecule has 0 spiro atoms. The van der Waals surface area contributed by atoms with Crippen LogP contribution in [0.4, 0.5) is 0 Å². The highest BCUT2D eigenvalue weighted by Gasteiger charge is 2.10. The van der Waals surface area contributed by atoms with Crippen LogP contribution in [0.25, 0.3) is 22.6 Å². The average molecular weight is 198 g/mol. The molecule has 0 amide bonds. The Hall–Kier alpha value is -2.03. The fraction of sp³-hybridized carbons (Fsp3) is 0.0833. The highest BCUT2D eigenvalue weighted by Crippen LogP contribution is 2.23. The van der Waals surface area contributed by atoms with Gasteiger partial charge in [-0.25, -0.2) is 4.98 Å². The molecule has 3 nitrogen and oxygen atoms in total. The summed E-state index contributed by atoms with van der Waals surface area (Å²) in [5.41, 5.74) is 2.11. The minimum Gasteiger partial charge on any atom is -0.461 e. The van der Waals surface area contributed by atoms with Gasteiger partial charge >= 0.3 is 0 Å². The quantitative estimate of drug-likeness (QED) is 0.602. The third-order valence-electron chi connectivity index (χ3n) is 2.53. The molecule has 0 bridgehead atoms. The molecule has 1 aromatic carbocycles. The second kappa shape index (κ2) is 2.98. The van der Waals surface area contributed by atoms with Crippen LogP contribution < -0.4 is 0 Å². The van der Waals surface area contributed by atoms with E-state index in [1.807, 2.05) is 41.9 Å². The summed E-state index contributed by atoms with van der Waals surface area (Å²) in [5, 5.41) is 0. The van der Waals surface area contributed by atoms with E-state index in [2.05, 4.69) is 11.1 Å². The first kappa shape index (κ1) is 8.29. The second-order valence-electron chi connectivity index (χ2n) is 3.46. The van der Waals surface area contributed by atoms with Crippen molar-refractivity contribution in [2.24, 2.45) is 7.05 Å². The summed E-state index contributed by atoms with van der Waals surface area (Å²) in [6.07, 6.45) is 1.66. The summed E-state index contributed by atoms with van der Waals surface area (Å²) in [5.74, 6) is 1.66. The first-order chi connectivity index (χ1) is 7.36. The van der Waals surface area contributed by atoms with E-state index in [0.717, 1.165) is 22.6 Å². The van der Waals surface area contributed by atoms with E-state index < -0.39 is 0 Å². The normalized spacial score (nSPS) is 11.0. The van der Waals surface area contributed by atoms with Crippen LogP contribution in [0.3, 0.4) is 0 Å². The number of para-hydroxylation sites is 2. The molecule has 3 rings (SSSR count). The second-order valence-corrected chi connectivity index (χ2v) is 3.46. The highest BCUT2D eigenvalue weighted by atomic mass is 16.3. The number of aromatic nitrogens is 2. The number of fused-ring (bicyclic) bond motifs is 1. The summed E-state index contributed by atoms with van der Waals surface area (Å²) >= 11 is 0. The van der Waals surface area contributed by atoms with Crippen LogP contribution in [0.5, 0.6) is 0 Å². The molecule has 0 unspecified atom stereocenters. The summed E-state index contributed by atoms with van der Waals surface area (Å²) in [4.78, 5) is 4.52. The van der Waals surface area contributed by atoms with Gasteiger partial charge in [0.25, 0.3) is 0 Å². The number of rotatable bonds is 1. The highest BCUT2D eigenvalue weighted by molar-refractivity contribution is 5.79. The molecule has 0 fully saturated rings. The SMILES string of the molecule is Cn1c(-c2ccco2)nc2ccccc21. The zero-order valence-electron chi connectivity index (χ0n) is 8.34. The number of nitrogens with zero attached hydrogens (tertiary/aromatic N) is 2. The lowest BCUT2D eigenvalue weighted by Crippen LogP contribution is -1.90. The van der Waals surface area contributed by atoms with Crippen molar-refractivity contribution < 1.29 is 4.42 Å². The van der Waals surface area contributed by atoms with Crippen LogP contribution in [0.1, 0.15) is 0 Å². The van der Waals surface area contributed by atoms with Gasteiger partial charge < -0.3 is 8.98 Å². The van der Waals surface area contributed by atoms with Crippen molar-refractivity contribution in [3.63, 3.8) is 0 Å². The lowest BCUT2D eigenvalue weighted by Gasteiger charge is -1.97. The van der Waals surface area contributed by atoms with Gasteiger partial charge in [-0.2, -0.15) is 0 Å². The average Bonchev–Trinajstić information content (AvgIpc) is 2.87.